The van der Waals surface area contributed by atoms with Crippen LogP contribution in [-0.4, -0.2) is 23.7 Å². The largest absolute Gasteiger partial charge is 0.355 e. The predicted molar refractivity (Wildman–Crippen MR) is 87.6 cm³/mol. The summed E-state index contributed by atoms with van der Waals surface area (Å²) in [4.78, 5) is 12.2. The van der Waals surface area contributed by atoms with E-state index in [9.17, 15) is 4.79 Å². The fraction of sp³-hybridized carbons (Fsp3) is 0.562. The lowest BCUT2D eigenvalue weighted by atomic mass is 10.1. The van der Waals surface area contributed by atoms with Gasteiger partial charge in [0.05, 0.1) is 5.25 Å². The molecule has 0 radical (unpaired) electrons. The first kappa shape index (κ1) is 17.1. The Labute approximate surface area is 126 Å². The van der Waals surface area contributed by atoms with Crippen LogP contribution in [0.15, 0.2) is 30.3 Å². The molecule has 1 amide bonds. The van der Waals surface area contributed by atoms with Gasteiger partial charge in [-0.05, 0) is 24.8 Å². The average molecular weight is 294 g/mol. The van der Waals surface area contributed by atoms with Gasteiger partial charge in [-0.3, -0.25) is 4.79 Å². The summed E-state index contributed by atoms with van der Waals surface area (Å²) in [6.07, 6.45) is 0.819. The van der Waals surface area contributed by atoms with Crippen molar-refractivity contribution in [2.75, 3.05) is 6.54 Å². The van der Waals surface area contributed by atoms with E-state index in [0.717, 1.165) is 12.2 Å². The Bertz CT molecular complexity index is 393. The Balaban J connectivity index is 2.45. The maximum absolute atomic E-state index is 12.2. The summed E-state index contributed by atoms with van der Waals surface area (Å²) in [5.41, 5.74) is 6.95. The van der Waals surface area contributed by atoms with Gasteiger partial charge in [0.2, 0.25) is 5.91 Å². The van der Waals surface area contributed by atoms with Gasteiger partial charge in [-0.25, -0.2) is 0 Å². The van der Waals surface area contributed by atoms with Crippen LogP contribution in [0, 0.1) is 5.92 Å². The van der Waals surface area contributed by atoms with Crippen LogP contribution < -0.4 is 11.1 Å². The molecule has 0 bridgehead atoms. The van der Waals surface area contributed by atoms with Crippen LogP contribution in [-0.2, 0) is 10.5 Å². The third-order valence-electron chi connectivity index (χ3n) is 3.04. The van der Waals surface area contributed by atoms with Crippen molar-refractivity contribution in [3.8, 4) is 0 Å². The number of hydrogen-bond donors (Lipinski definition) is 2. The number of carbonyl (C=O) groups excluding carboxylic acids is 1. The van der Waals surface area contributed by atoms with E-state index in [0.29, 0.717) is 12.5 Å². The number of rotatable bonds is 8. The van der Waals surface area contributed by atoms with Gasteiger partial charge in [0.1, 0.15) is 0 Å². The highest BCUT2D eigenvalue weighted by Gasteiger charge is 2.22. The Morgan fingerprint density at radius 3 is 2.45 bits per heavy atom. The lowest BCUT2D eigenvalue weighted by Gasteiger charge is -2.20. The molecule has 112 valence electrons. The van der Waals surface area contributed by atoms with Gasteiger partial charge >= 0.3 is 0 Å². The van der Waals surface area contributed by atoms with Crippen molar-refractivity contribution in [3.63, 3.8) is 0 Å². The van der Waals surface area contributed by atoms with E-state index in [1.807, 2.05) is 25.1 Å². The van der Waals surface area contributed by atoms with E-state index in [1.165, 1.54) is 5.56 Å². The van der Waals surface area contributed by atoms with E-state index in [1.54, 1.807) is 11.8 Å². The number of hydrogen-bond acceptors (Lipinski definition) is 3. The molecule has 4 heteroatoms. The Morgan fingerprint density at radius 1 is 1.25 bits per heavy atom. The third kappa shape index (κ3) is 6.44. The van der Waals surface area contributed by atoms with Gasteiger partial charge in [0.15, 0.2) is 0 Å². The molecule has 2 atom stereocenters. The molecule has 3 N–H and O–H groups in total. The second-order valence-corrected chi connectivity index (χ2v) is 6.65. The normalized spacial score (nSPS) is 14.1. The lowest BCUT2D eigenvalue weighted by Crippen LogP contribution is -2.37. The van der Waals surface area contributed by atoms with Crippen molar-refractivity contribution in [2.24, 2.45) is 11.7 Å². The maximum atomic E-state index is 12.2. The molecule has 0 aliphatic rings. The SMILES string of the molecule is CC(N)CCNC(=O)C(SCc1ccccc1)C(C)C. The molecular formula is C16H26N2OS. The second kappa shape index (κ2) is 9.03. The Hall–Kier alpha value is -1.00. The molecule has 0 aromatic heterocycles. The number of amides is 1. The van der Waals surface area contributed by atoms with Crippen molar-refractivity contribution in [2.45, 2.75) is 44.2 Å². The first-order chi connectivity index (χ1) is 9.50. The molecule has 0 aliphatic heterocycles. The first-order valence-electron chi connectivity index (χ1n) is 7.19. The molecule has 1 aromatic carbocycles. The van der Waals surface area contributed by atoms with Crippen molar-refractivity contribution in [1.29, 1.82) is 0 Å². The van der Waals surface area contributed by atoms with E-state index in [4.69, 9.17) is 5.73 Å². The average Bonchev–Trinajstić information content (AvgIpc) is 2.39. The summed E-state index contributed by atoms with van der Waals surface area (Å²) in [6, 6.07) is 10.4. The number of nitrogens with one attached hydrogen (secondary N) is 1. The Kier molecular flexibility index (Phi) is 7.70. The molecule has 0 spiro atoms. The Morgan fingerprint density at radius 2 is 1.90 bits per heavy atom. The zero-order valence-corrected chi connectivity index (χ0v) is 13.5. The highest BCUT2D eigenvalue weighted by molar-refractivity contribution is 7.99. The minimum absolute atomic E-state index is 0.0108. The summed E-state index contributed by atoms with van der Waals surface area (Å²) in [6.45, 7) is 6.80. The maximum Gasteiger partial charge on any atom is 0.233 e. The first-order valence-corrected chi connectivity index (χ1v) is 8.24. The standard InChI is InChI=1S/C16H26N2OS/c1-12(2)15(16(19)18-10-9-13(3)17)20-11-14-7-5-4-6-8-14/h4-8,12-13,15H,9-11,17H2,1-3H3,(H,18,19). The number of benzene rings is 1. The monoisotopic (exact) mass is 294 g/mol. The van der Waals surface area contributed by atoms with Crippen LogP contribution in [0.2, 0.25) is 0 Å². The summed E-state index contributed by atoms with van der Waals surface area (Å²) in [7, 11) is 0. The fourth-order valence-electron chi connectivity index (χ4n) is 1.85. The van der Waals surface area contributed by atoms with Crippen LogP contribution >= 0.6 is 11.8 Å². The highest BCUT2D eigenvalue weighted by Crippen LogP contribution is 2.23. The molecule has 0 heterocycles. The molecule has 2 unspecified atom stereocenters. The second-order valence-electron chi connectivity index (χ2n) is 5.52. The van der Waals surface area contributed by atoms with E-state index in [-0.39, 0.29) is 17.2 Å². The zero-order chi connectivity index (χ0) is 15.0. The molecule has 1 rings (SSSR count). The predicted octanol–water partition coefficient (Wildman–Crippen LogP) is 2.80. The van der Waals surface area contributed by atoms with Crippen molar-refractivity contribution in [1.82, 2.24) is 5.32 Å². The van der Waals surface area contributed by atoms with Gasteiger partial charge in [0.25, 0.3) is 0 Å². The summed E-state index contributed by atoms with van der Waals surface area (Å²) in [5.74, 6) is 1.31. The smallest absolute Gasteiger partial charge is 0.233 e. The van der Waals surface area contributed by atoms with Crippen LogP contribution in [0.1, 0.15) is 32.8 Å². The van der Waals surface area contributed by atoms with Crippen LogP contribution in [0.25, 0.3) is 0 Å². The summed E-state index contributed by atoms with van der Waals surface area (Å²) in [5, 5.41) is 2.98. The van der Waals surface area contributed by atoms with Gasteiger partial charge < -0.3 is 11.1 Å². The summed E-state index contributed by atoms with van der Waals surface area (Å²) < 4.78 is 0. The number of nitrogens with two attached hydrogens (primary N) is 1. The van der Waals surface area contributed by atoms with Gasteiger partial charge in [-0.15, -0.1) is 11.8 Å². The highest BCUT2D eigenvalue weighted by atomic mass is 32.2. The molecule has 0 aliphatic carbocycles. The molecule has 0 saturated heterocycles. The van der Waals surface area contributed by atoms with Gasteiger partial charge in [-0.2, -0.15) is 0 Å². The topological polar surface area (TPSA) is 55.1 Å². The number of carbonyl (C=O) groups is 1. The van der Waals surface area contributed by atoms with Crippen LogP contribution in [0.4, 0.5) is 0 Å². The molecular weight excluding hydrogens is 268 g/mol. The molecule has 1 aromatic rings. The van der Waals surface area contributed by atoms with Crippen molar-refractivity contribution >= 4 is 17.7 Å². The summed E-state index contributed by atoms with van der Waals surface area (Å²) >= 11 is 1.71. The minimum atomic E-state index is -0.0108. The van der Waals surface area contributed by atoms with Gasteiger partial charge in [-0.1, -0.05) is 44.2 Å². The lowest BCUT2D eigenvalue weighted by molar-refractivity contribution is -0.121. The van der Waals surface area contributed by atoms with Crippen LogP contribution in [0.5, 0.6) is 0 Å². The van der Waals surface area contributed by atoms with Gasteiger partial charge in [0, 0.05) is 18.3 Å². The van der Waals surface area contributed by atoms with Crippen LogP contribution in [0.3, 0.4) is 0 Å². The fourth-order valence-corrected chi connectivity index (χ4v) is 3.04. The number of thioether (sulfide) groups is 1. The molecule has 0 fully saturated rings. The van der Waals surface area contributed by atoms with E-state index in [2.05, 4.69) is 31.3 Å². The zero-order valence-electron chi connectivity index (χ0n) is 12.6. The van der Waals surface area contributed by atoms with E-state index >= 15 is 0 Å². The third-order valence-corrected chi connectivity index (χ3v) is 4.65. The molecule has 3 nitrogen and oxygen atoms in total. The quantitative estimate of drug-likeness (QED) is 0.775. The molecule has 0 saturated carbocycles. The minimum Gasteiger partial charge on any atom is -0.355 e. The molecule has 20 heavy (non-hydrogen) atoms. The van der Waals surface area contributed by atoms with E-state index < -0.39 is 0 Å². The van der Waals surface area contributed by atoms with Crippen molar-refractivity contribution in [3.05, 3.63) is 35.9 Å². The van der Waals surface area contributed by atoms with Crippen molar-refractivity contribution < 1.29 is 4.79 Å².